The number of rotatable bonds is 3. The normalized spacial score (nSPS) is 25.3. The van der Waals surface area contributed by atoms with Gasteiger partial charge < -0.3 is 4.90 Å². The number of nitrogens with one attached hydrogen (secondary N) is 1. The summed E-state index contributed by atoms with van der Waals surface area (Å²) < 4.78 is 0. The second-order valence-electron chi connectivity index (χ2n) is 6.64. The third kappa shape index (κ3) is 2.19. The molecule has 2 fully saturated rings. The van der Waals surface area contributed by atoms with E-state index >= 15 is 0 Å². The molecule has 2 aliphatic rings. The summed E-state index contributed by atoms with van der Waals surface area (Å²) in [4.78, 5) is 15.0. The van der Waals surface area contributed by atoms with Gasteiger partial charge in [-0.1, -0.05) is 26.7 Å². The van der Waals surface area contributed by atoms with Gasteiger partial charge >= 0.3 is 0 Å². The summed E-state index contributed by atoms with van der Waals surface area (Å²) in [6, 6.07) is 0. The van der Waals surface area contributed by atoms with Crippen molar-refractivity contribution < 1.29 is 4.79 Å². The molecule has 4 heteroatoms. The molecule has 1 unspecified atom stereocenters. The summed E-state index contributed by atoms with van der Waals surface area (Å²) in [5, 5.41) is 8.02. The maximum absolute atomic E-state index is 12.9. The predicted octanol–water partition coefficient (Wildman–Crippen LogP) is 3.28. The van der Waals surface area contributed by atoms with Crippen molar-refractivity contribution in [3.05, 3.63) is 21.9 Å². The summed E-state index contributed by atoms with van der Waals surface area (Å²) in [7, 11) is 0. The highest BCUT2D eigenvalue weighted by molar-refractivity contribution is 7.08. The van der Waals surface area contributed by atoms with Crippen LogP contribution < -0.4 is 5.32 Å². The lowest BCUT2D eigenvalue weighted by Gasteiger charge is -2.27. The Kier molecular flexibility index (Phi) is 3.63. The number of carbonyl (C=O) groups is 1. The SMILES string of the molecule is Cc1cscc1CN1C(=O)C2(CCCC2)NC1C(C)C. The second-order valence-corrected chi connectivity index (χ2v) is 7.38. The third-order valence-corrected chi connectivity index (χ3v) is 5.73. The fourth-order valence-electron chi connectivity index (χ4n) is 3.59. The first-order valence-electron chi connectivity index (χ1n) is 7.64. The molecule has 1 amide bonds. The quantitative estimate of drug-likeness (QED) is 0.927. The minimum atomic E-state index is -0.251. The molecule has 1 spiro atoms. The molecule has 1 aromatic heterocycles. The van der Waals surface area contributed by atoms with Gasteiger partial charge in [0.1, 0.15) is 0 Å². The molecular formula is C16H24N2OS. The number of thiophene rings is 1. The van der Waals surface area contributed by atoms with Gasteiger partial charge in [0.15, 0.2) is 0 Å². The molecule has 0 radical (unpaired) electrons. The molecule has 20 heavy (non-hydrogen) atoms. The van der Waals surface area contributed by atoms with Crippen molar-refractivity contribution in [2.75, 3.05) is 0 Å². The third-order valence-electron chi connectivity index (χ3n) is 4.82. The van der Waals surface area contributed by atoms with Crippen molar-refractivity contribution in [3.8, 4) is 0 Å². The van der Waals surface area contributed by atoms with Crippen LogP contribution in [0.15, 0.2) is 10.8 Å². The molecule has 1 atom stereocenters. The van der Waals surface area contributed by atoms with E-state index in [0.717, 1.165) is 19.4 Å². The van der Waals surface area contributed by atoms with Crippen molar-refractivity contribution in [2.24, 2.45) is 5.92 Å². The molecular weight excluding hydrogens is 268 g/mol. The highest BCUT2D eigenvalue weighted by Crippen LogP contribution is 2.38. The van der Waals surface area contributed by atoms with E-state index in [9.17, 15) is 4.79 Å². The second kappa shape index (κ2) is 5.15. The van der Waals surface area contributed by atoms with Gasteiger partial charge in [-0.15, -0.1) is 0 Å². The van der Waals surface area contributed by atoms with Gasteiger partial charge in [-0.2, -0.15) is 11.3 Å². The fraction of sp³-hybridized carbons (Fsp3) is 0.688. The number of hydrogen-bond acceptors (Lipinski definition) is 3. The van der Waals surface area contributed by atoms with E-state index in [1.807, 2.05) is 0 Å². The van der Waals surface area contributed by atoms with Crippen LogP contribution in [0.2, 0.25) is 0 Å². The van der Waals surface area contributed by atoms with Gasteiger partial charge in [0.25, 0.3) is 0 Å². The monoisotopic (exact) mass is 292 g/mol. The Morgan fingerprint density at radius 2 is 2.10 bits per heavy atom. The summed E-state index contributed by atoms with van der Waals surface area (Å²) in [5.41, 5.74) is 2.35. The van der Waals surface area contributed by atoms with Crippen LogP contribution in [0.25, 0.3) is 0 Å². The van der Waals surface area contributed by atoms with Gasteiger partial charge in [-0.05, 0) is 47.6 Å². The highest BCUT2D eigenvalue weighted by Gasteiger charge is 2.52. The van der Waals surface area contributed by atoms with E-state index in [2.05, 4.69) is 41.7 Å². The first kappa shape index (κ1) is 14.1. The summed E-state index contributed by atoms with van der Waals surface area (Å²) >= 11 is 1.73. The van der Waals surface area contributed by atoms with E-state index in [0.29, 0.717) is 11.8 Å². The van der Waals surface area contributed by atoms with Crippen LogP contribution in [0.5, 0.6) is 0 Å². The highest BCUT2D eigenvalue weighted by atomic mass is 32.1. The average molecular weight is 292 g/mol. The van der Waals surface area contributed by atoms with Crippen LogP contribution in [-0.2, 0) is 11.3 Å². The minimum Gasteiger partial charge on any atom is -0.321 e. The van der Waals surface area contributed by atoms with Crippen LogP contribution >= 0.6 is 11.3 Å². The number of hydrogen-bond donors (Lipinski definition) is 1. The van der Waals surface area contributed by atoms with Crippen molar-refractivity contribution in [2.45, 2.75) is 64.7 Å². The fourth-order valence-corrected chi connectivity index (χ4v) is 4.44. The zero-order valence-corrected chi connectivity index (χ0v) is 13.4. The molecule has 1 saturated carbocycles. The topological polar surface area (TPSA) is 32.3 Å². The van der Waals surface area contributed by atoms with E-state index in [-0.39, 0.29) is 11.7 Å². The molecule has 1 aliphatic heterocycles. The van der Waals surface area contributed by atoms with Gasteiger partial charge in [-0.25, -0.2) is 0 Å². The molecule has 3 rings (SSSR count). The van der Waals surface area contributed by atoms with Gasteiger partial charge in [0, 0.05) is 6.54 Å². The summed E-state index contributed by atoms with van der Waals surface area (Å²) in [5.74, 6) is 0.775. The number of amides is 1. The van der Waals surface area contributed by atoms with Crippen LogP contribution in [-0.4, -0.2) is 22.5 Å². The Bertz CT molecular complexity index is 502. The first-order chi connectivity index (χ1) is 9.53. The number of carbonyl (C=O) groups excluding carboxylic acids is 1. The van der Waals surface area contributed by atoms with Crippen LogP contribution in [0, 0.1) is 12.8 Å². The predicted molar refractivity (Wildman–Crippen MR) is 82.6 cm³/mol. The number of nitrogens with zero attached hydrogens (tertiary/aromatic N) is 1. The van der Waals surface area contributed by atoms with Gasteiger partial charge in [0.2, 0.25) is 5.91 Å². The van der Waals surface area contributed by atoms with Gasteiger partial charge in [-0.3, -0.25) is 10.1 Å². The maximum atomic E-state index is 12.9. The Morgan fingerprint density at radius 3 is 2.65 bits per heavy atom. The van der Waals surface area contributed by atoms with Crippen molar-refractivity contribution in [1.29, 1.82) is 0 Å². The van der Waals surface area contributed by atoms with Crippen molar-refractivity contribution in [1.82, 2.24) is 10.2 Å². The molecule has 0 aromatic carbocycles. The van der Waals surface area contributed by atoms with E-state index in [1.165, 1.54) is 24.0 Å². The lowest BCUT2D eigenvalue weighted by molar-refractivity contribution is -0.134. The Hall–Kier alpha value is -0.870. The largest absolute Gasteiger partial charge is 0.321 e. The zero-order valence-electron chi connectivity index (χ0n) is 12.6. The van der Waals surface area contributed by atoms with Crippen LogP contribution in [0.4, 0.5) is 0 Å². The van der Waals surface area contributed by atoms with E-state index in [4.69, 9.17) is 0 Å². The first-order valence-corrected chi connectivity index (χ1v) is 8.58. The molecule has 0 bridgehead atoms. The lowest BCUT2D eigenvalue weighted by Crippen LogP contribution is -2.45. The van der Waals surface area contributed by atoms with Gasteiger partial charge in [0.05, 0.1) is 11.7 Å². The number of aryl methyl sites for hydroxylation is 1. The average Bonchev–Trinajstić information content (AvgIpc) is 3.08. The van der Waals surface area contributed by atoms with E-state index in [1.54, 1.807) is 11.3 Å². The Balaban J connectivity index is 1.86. The molecule has 1 saturated heterocycles. The molecule has 1 N–H and O–H groups in total. The molecule has 1 aliphatic carbocycles. The van der Waals surface area contributed by atoms with Crippen LogP contribution in [0.1, 0.15) is 50.7 Å². The van der Waals surface area contributed by atoms with Crippen molar-refractivity contribution in [3.63, 3.8) is 0 Å². The summed E-state index contributed by atoms with van der Waals surface area (Å²) in [6.45, 7) is 7.29. The maximum Gasteiger partial charge on any atom is 0.244 e. The molecule has 3 nitrogen and oxygen atoms in total. The standard InChI is InChI=1S/C16H24N2OS/c1-11(2)14-17-16(6-4-5-7-16)15(19)18(14)8-13-10-20-9-12(13)3/h9-11,14,17H,4-8H2,1-3H3. The van der Waals surface area contributed by atoms with E-state index < -0.39 is 0 Å². The molecule has 110 valence electrons. The molecule has 1 aromatic rings. The lowest BCUT2D eigenvalue weighted by atomic mass is 9.98. The smallest absolute Gasteiger partial charge is 0.244 e. The van der Waals surface area contributed by atoms with Crippen LogP contribution in [0.3, 0.4) is 0 Å². The molecule has 2 heterocycles. The Labute approximate surface area is 125 Å². The minimum absolute atomic E-state index is 0.180. The Morgan fingerprint density at radius 1 is 1.40 bits per heavy atom. The zero-order chi connectivity index (χ0) is 14.3. The summed E-state index contributed by atoms with van der Waals surface area (Å²) in [6.07, 6.45) is 4.55. The van der Waals surface area contributed by atoms with Crippen molar-refractivity contribution >= 4 is 17.2 Å².